The first-order chi connectivity index (χ1) is 19.8. The van der Waals surface area contributed by atoms with Crippen molar-refractivity contribution in [3.63, 3.8) is 0 Å². The summed E-state index contributed by atoms with van der Waals surface area (Å²) < 4.78 is 20.4. The molecule has 41 heavy (non-hydrogen) atoms. The standard InChI is InChI=1S/C30H27FN4O3S3/c1-5-35-27(23-15-39-18(3)25(23)20-8-6-17(2)7-9-20)33-34-30(35)41-16-24(36)32-28-26(29(37)38-4)22(14-40-28)19-10-12-21(31)13-11-19/h6-15H,5,16H2,1-4H3,(H,32,36). The number of thioether (sulfide) groups is 1. The van der Waals surface area contributed by atoms with E-state index < -0.39 is 5.97 Å². The molecule has 0 saturated carbocycles. The van der Waals surface area contributed by atoms with Gasteiger partial charge in [-0.15, -0.1) is 32.9 Å². The molecule has 210 valence electrons. The molecule has 3 heterocycles. The number of ether oxygens (including phenoxy) is 1. The second-order valence-electron chi connectivity index (χ2n) is 9.19. The Morgan fingerprint density at radius 1 is 0.976 bits per heavy atom. The third kappa shape index (κ3) is 5.97. The molecule has 0 aliphatic rings. The van der Waals surface area contributed by atoms with E-state index in [2.05, 4.69) is 59.0 Å². The van der Waals surface area contributed by atoms with Crippen molar-refractivity contribution in [2.45, 2.75) is 32.5 Å². The maximum Gasteiger partial charge on any atom is 0.341 e. The molecule has 1 N–H and O–H groups in total. The van der Waals surface area contributed by atoms with Crippen LogP contribution < -0.4 is 5.32 Å². The van der Waals surface area contributed by atoms with Gasteiger partial charge in [0.2, 0.25) is 5.91 Å². The number of anilines is 1. The van der Waals surface area contributed by atoms with E-state index in [0.717, 1.165) is 22.5 Å². The number of carbonyl (C=O) groups excluding carboxylic acids is 2. The van der Waals surface area contributed by atoms with Crippen molar-refractivity contribution in [1.29, 1.82) is 0 Å². The first-order valence-electron chi connectivity index (χ1n) is 12.8. The summed E-state index contributed by atoms with van der Waals surface area (Å²) in [5.74, 6) is -0.440. The Bertz CT molecular complexity index is 1710. The lowest BCUT2D eigenvalue weighted by atomic mass is 10.0. The van der Waals surface area contributed by atoms with Crippen LogP contribution in [0.2, 0.25) is 0 Å². The minimum atomic E-state index is -0.584. The van der Waals surface area contributed by atoms with Crippen LogP contribution in [-0.4, -0.2) is 39.5 Å². The number of halogens is 1. The molecular weight excluding hydrogens is 580 g/mol. The van der Waals surface area contributed by atoms with E-state index in [0.29, 0.717) is 27.8 Å². The lowest BCUT2D eigenvalue weighted by molar-refractivity contribution is -0.113. The molecule has 1 amide bonds. The molecule has 0 unspecified atom stereocenters. The smallest absolute Gasteiger partial charge is 0.341 e. The van der Waals surface area contributed by atoms with Crippen molar-refractivity contribution in [2.24, 2.45) is 0 Å². The molecule has 11 heteroatoms. The van der Waals surface area contributed by atoms with Gasteiger partial charge in [-0.05, 0) is 44.0 Å². The van der Waals surface area contributed by atoms with Crippen LogP contribution in [0.5, 0.6) is 0 Å². The number of hydrogen-bond donors (Lipinski definition) is 1. The number of thiophene rings is 2. The molecule has 0 saturated heterocycles. The molecule has 0 spiro atoms. The van der Waals surface area contributed by atoms with E-state index in [1.165, 1.54) is 52.8 Å². The van der Waals surface area contributed by atoms with Crippen molar-refractivity contribution in [3.05, 3.63) is 81.1 Å². The third-order valence-corrected chi connectivity index (χ3v) is 9.28. The Morgan fingerprint density at radius 2 is 1.66 bits per heavy atom. The molecule has 0 atom stereocenters. The quantitative estimate of drug-likeness (QED) is 0.137. The molecule has 3 aromatic heterocycles. The van der Waals surface area contributed by atoms with E-state index in [-0.39, 0.29) is 23.0 Å². The molecule has 7 nitrogen and oxygen atoms in total. The first-order valence-corrected chi connectivity index (χ1v) is 15.5. The number of carbonyl (C=O) groups is 2. The molecule has 5 rings (SSSR count). The highest BCUT2D eigenvalue weighted by Crippen LogP contribution is 2.40. The Balaban J connectivity index is 1.35. The fourth-order valence-electron chi connectivity index (χ4n) is 4.47. The van der Waals surface area contributed by atoms with E-state index in [1.54, 1.807) is 28.8 Å². The van der Waals surface area contributed by atoms with Gasteiger partial charge in [0.15, 0.2) is 11.0 Å². The predicted octanol–water partition coefficient (Wildman–Crippen LogP) is 7.70. The molecule has 2 aromatic carbocycles. The number of aromatic nitrogens is 3. The summed E-state index contributed by atoms with van der Waals surface area (Å²) in [7, 11) is 1.28. The van der Waals surface area contributed by atoms with Crippen molar-refractivity contribution in [1.82, 2.24) is 14.8 Å². The van der Waals surface area contributed by atoms with Crippen LogP contribution in [0.1, 0.15) is 27.7 Å². The van der Waals surface area contributed by atoms with Crippen LogP contribution in [0.3, 0.4) is 0 Å². The number of rotatable bonds is 9. The van der Waals surface area contributed by atoms with Crippen LogP contribution in [0.15, 0.2) is 64.4 Å². The summed E-state index contributed by atoms with van der Waals surface area (Å²) in [5.41, 5.74) is 5.92. The molecule has 0 bridgehead atoms. The van der Waals surface area contributed by atoms with Gasteiger partial charge in [0.1, 0.15) is 16.4 Å². The molecule has 0 aliphatic carbocycles. The second kappa shape index (κ2) is 12.4. The van der Waals surface area contributed by atoms with Gasteiger partial charge >= 0.3 is 5.97 Å². The highest BCUT2D eigenvalue weighted by molar-refractivity contribution is 7.99. The highest BCUT2D eigenvalue weighted by atomic mass is 32.2. The second-order valence-corrected chi connectivity index (χ2v) is 12.1. The van der Waals surface area contributed by atoms with E-state index in [1.807, 2.05) is 11.5 Å². The van der Waals surface area contributed by atoms with Crippen LogP contribution in [0.4, 0.5) is 9.39 Å². The Kier molecular flexibility index (Phi) is 8.67. The van der Waals surface area contributed by atoms with Gasteiger partial charge in [0, 0.05) is 38.9 Å². The fraction of sp³-hybridized carbons (Fsp3) is 0.200. The third-order valence-electron chi connectivity index (χ3n) is 6.51. The van der Waals surface area contributed by atoms with E-state index in [9.17, 15) is 14.0 Å². The number of aryl methyl sites for hydroxylation is 2. The van der Waals surface area contributed by atoms with Gasteiger partial charge in [-0.3, -0.25) is 4.79 Å². The van der Waals surface area contributed by atoms with Gasteiger partial charge in [-0.25, -0.2) is 9.18 Å². The van der Waals surface area contributed by atoms with E-state index >= 15 is 0 Å². The Labute approximate surface area is 249 Å². The summed E-state index contributed by atoms with van der Waals surface area (Å²) in [6, 6.07) is 14.2. The number of nitrogens with one attached hydrogen (secondary N) is 1. The number of esters is 1. The highest BCUT2D eigenvalue weighted by Gasteiger charge is 2.24. The first kappa shape index (κ1) is 28.7. The fourth-order valence-corrected chi connectivity index (χ4v) is 7.11. The minimum absolute atomic E-state index is 0.0655. The normalized spacial score (nSPS) is 11.0. The largest absolute Gasteiger partial charge is 0.465 e. The van der Waals surface area contributed by atoms with Crippen molar-refractivity contribution < 1.29 is 18.7 Å². The van der Waals surface area contributed by atoms with Crippen molar-refractivity contribution in [2.75, 3.05) is 18.2 Å². The molecule has 0 aliphatic heterocycles. The lowest BCUT2D eigenvalue weighted by Gasteiger charge is -2.10. The average Bonchev–Trinajstić information content (AvgIpc) is 3.68. The summed E-state index contributed by atoms with van der Waals surface area (Å²) in [6.07, 6.45) is 0. The number of amides is 1. The summed E-state index contributed by atoms with van der Waals surface area (Å²) >= 11 is 4.16. The maximum absolute atomic E-state index is 13.4. The molecule has 0 fully saturated rings. The topological polar surface area (TPSA) is 86.1 Å². The summed E-state index contributed by atoms with van der Waals surface area (Å²) in [6.45, 7) is 6.82. The zero-order valence-corrected chi connectivity index (χ0v) is 25.3. The van der Waals surface area contributed by atoms with Crippen LogP contribution in [0, 0.1) is 19.7 Å². The monoisotopic (exact) mass is 606 g/mol. The summed E-state index contributed by atoms with van der Waals surface area (Å²) in [5, 5.41) is 16.6. The van der Waals surface area contributed by atoms with Crippen LogP contribution in [0.25, 0.3) is 33.6 Å². The van der Waals surface area contributed by atoms with Crippen molar-refractivity contribution in [3.8, 4) is 33.6 Å². The van der Waals surface area contributed by atoms with E-state index in [4.69, 9.17) is 4.74 Å². The van der Waals surface area contributed by atoms with Crippen molar-refractivity contribution >= 4 is 51.3 Å². The maximum atomic E-state index is 13.4. The number of hydrogen-bond acceptors (Lipinski definition) is 8. The van der Waals surface area contributed by atoms with Crippen LogP contribution in [-0.2, 0) is 16.1 Å². The average molecular weight is 607 g/mol. The Hall–Kier alpha value is -3.80. The van der Waals surface area contributed by atoms with Gasteiger partial charge in [-0.2, -0.15) is 0 Å². The minimum Gasteiger partial charge on any atom is -0.465 e. The molecule has 0 radical (unpaired) electrons. The van der Waals surface area contributed by atoms with Crippen LogP contribution >= 0.6 is 34.4 Å². The lowest BCUT2D eigenvalue weighted by Crippen LogP contribution is -2.16. The zero-order valence-electron chi connectivity index (χ0n) is 22.9. The van der Waals surface area contributed by atoms with Gasteiger partial charge in [0.25, 0.3) is 0 Å². The summed E-state index contributed by atoms with van der Waals surface area (Å²) in [4.78, 5) is 26.8. The number of methoxy groups -OCH3 is 1. The number of nitrogens with zero attached hydrogens (tertiary/aromatic N) is 3. The van der Waals surface area contributed by atoms with Gasteiger partial charge in [0.05, 0.1) is 12.9 Å². The zero-order chi connectivity index (χ0) is 29.1. The number of benzene rings is 2. The van der Waals surface area contributed by atoms with Gasteiger partial charge < -0.3 is 14.6 Å². The molecular formula is C30H27FN4O3S3. The predicted molar refractivity (Wildman–Crippen MR) is 164 cm³/mol. The Morgan fingerprint density at radius 3 is 2.34 bits per heavy atom. The SMILES string of the molecule is CCn1c(SCC(=O)Nc2scc(-c3ccc(F)cc3)c2C(=O)OC)nnc1-c1csc(C)c1-c1ccc(C)cc1. The molecule has 5 aromatic rings. The van der Waals surface area contributed by atoms with Gasteiger partial charge in [-0.1, -0.05) is 53.7 Å².